The van der Waals surface area contributed by atoms with Gasteiger partial charge >= 0.3 is 0 Å². The summed E-state index contributed by atoms with van der Waals surface area (Å²) in [5.41, 5.74) is 0. The molecule has 1 atom stereocenters. The van der Waals surface area contributed by atoms with Crippen LogP contribution in [0.1, 0.15) is 13.8 Å². The molecule has 0 spiro atoms. The van der Waals surface area contributed by atoms with E-state index in [-0.39, 0.29) is 30.0 Å². The molecule has 0 bridgehead atoms. The van der Waals surface area contributed by atoms with Crippen LogP contribution < -0.4 is 14.2 Å². The lowest BCUT2D eigenvalue weighted by Gasteiger charge is -2.28. The molecular formula is C15H25FN2O4S. The van der Waals surface area contributed by atoms with Crippen molar-refractivity contribution in [2.75, 3.05) is 34.9 Å². The van der Waals surface area contributed by atoms with E-state index in [0.29, 0.717) is 0 Å². The van der Waals surface area contributed by atoms with Crippen LogP contribution in [0, 0.1) is 11.7 Å². The van der Waals surface area contributed by atoms with Crippen LogP contribution in [-0.2, 0) is 10.0 Å². The maximum atomic E-state index is 14.1. The summed E-state index contributed by atoms with van der Waals surface area (Å²) in [6.07, 6.45) is 0. The number of methoxy groups -OCH3 is 2. The second kappa shape index (κ2) is 7.94. The first-order chi connectivity index (χ1) is 10.6. The highest BCUT2D eigenvalue weighted by molar-refractivity contribution is 7.89. The number of benzene rings is 1. The highest BCUT2D eigenvalue weighted by atomic mass is 32.2. The molecule has 1 rings (SSSR count). The summed E-state index contributed by atoms with van der Waals surface area (Å²) in [4.78, 5) is 1.47. The number of ether oxygens (including phenoxy) is 2. The molecule has 0 radical (unpaired) electrons. The van der Waals surface area contributed by atoms with Gasteiger partial charge in [-0.1, -0.05) is 13.8 Å². The highest BCUT2D eigenvalue weighted by Gasteiger charge is 2.25. The summed E-state index contributed by atoms with van der Waals surface area (Å²) in [7, 11) is 2.46. The van der Waals surface area contributed by atoms with Crippen LogP contribution in [-0.4, -0.2) is 54.2 Å². The Hall–Kier alpha value is -1.38. The molecule has 1 aromatic carbocycles. The van der Waals surface area contributed by atoms with E-state index in [1.165, 1.54) is 14.2 Å². The molecule has 8 heteroatoms. The van der Waals surface area contributed by atoms with Crippen molar-refractivity contribution in [3.8, 4) is 11.5 Å². The normalized spacial score (nSPS) is 13.4. The summed E-state index contributed by atoms with van der Waals surface area (Å²) in [5.74, 6) is -0.358. The molecule has 0 aliphatic rings. The topological polar surface area (TPSA) is 67.9 Å². The summed E-state index contributed by atoms with van der Waals surface area (Å²) in [5, 5.41) is 0. The Kier molecular flexibility index (Phi) is 6.79. The van der Waals surface area contributed by atoms with E-state index in [4.69, 9.17) is 9.47 Å². The molecule has 0 unspecified atom stereocenters. The van der Waals surface area contributed by atoms with Gasteiger partial charge in [0.15, 0.2) is 11.5 Å². The Morgan fingerprint density at radius 1 is 1.17 bits per heavy atom. The zero-order valence-electron chi connectivity index (χ0n) is 14.4. The Morgan fingerprint density at radius 2 is 1.70 bits per heavy atom. The molecule has 6 nitrogen and oxygen atoms in total. The third-order valence-corrected chi connectivity index (χ3v) is 5.08. The first-order valence-corrected chi connectivity index (χ1v) is 8.70. The van der Waals surface area contributed by atoms with Crippen molar-refractivity contribution in [2.45, 2.75) is 24.8 Å². The lowest BCUT2D eigenvalue weighted by atomic mass is 10.0. The van der Waals surface area contributed by atoms with Crippen LogP contribution in [0.15, 0.2) is 17.0 Å². The van der Waals surface area contributed by atoms with E-state index in [9.17, 15) is 12.8 Å². The van der Waals surface area contributed by atoms with E-state index in [0.717, 1.165) is 12.1 Å². The number of rotatable bonds is 8. The minimum atomic E-state index is -4.00. The number of likely N-dealkylation sites (N-methyl/N-ethyl adjacent to an activating group) is 1. The van der Waals surface area contributed by atoms with Gasteiger partial charge in [-0.15, -0.1) is 0 Å². The monoisotopic (exact) mass is 348 g/mol. The van der Waals surface area contributed by atoms with Gasteiger partial charge in [-0.2, -0.15) is 0 Å². The molecule has 0 aromatic heterocycles. The van der Waals surface area contributed by atoms with Gasteiger partial charge in [0.2, 0.25) is 10.0 Å². The Balaban J connectivity index is 3.09. The predicted octanol–water partition coefficient (Wildman–Crippen LogP) is 1.71. The standard InChI is InChI=1S/C15H25FN2O4S/c1-10(2)12(18(3)4)9-17-23(19,20)15-8-14(22-6)13(21-5)7-11(15)16/h7-8,10,12,17H,9H2,1-6H3/t12-/m1/s1. The zero-order valence-corrected chi connectivity index (χ0v) is 15.2. The quantitative estimate of drug-likeness (QED) is 0.775. The smallest absolute Gasteiger partial charge is 0.243 e. The van der Waals surface area contributed by atoms with Crippen LogP contribution in [0.3, 0.4) is 0 Å². The van der Waals surface area contributed by atoms with E-state index in [2.05, 4.69) is 4.72 Å². The van der Waals surface area contributed by atoms with Gasteiger partial charge in [-0.25, -0.2) is 17.5 Å². The van der Waals surface area contributed by atoms with E-state index in [1.807, 2.05) is 32.8 Å². The lowest BCUT2D eigenvalue weighted by Crippen LogP contribution is -2.43. The summed E-state index contributed by atoms with van der Waals surface area (Å²) in [6, 6.07) is 2.11. The second-order valence-corrected chi connectivity index (χ2v) is 7.50. The number of nitrogens with one attached hydrogen (secondary N) is 1. The van der Waals surface area contributed by atoms with Crippen LogP contribution in [0.4, 0.5) is 4.39 Å². The molecule has 0 saturated heterocycles. The first-order valence-electron chi connectivity index (χ1n) is 7.21. The van der Waals surface area contributed by atoms with E-state index < -0.39 is 20.7 Å². The molecule has 132 valence electrons. The average Bonchev–Trinajstić information content (AvgIpc) is 2.45. The summed E-state index contributed by atoms with van der Waals surface area (Å²) >= 11 is 0. The molecule has 0 aliphatic heterocycles. The fraction of sp³-hybridized carbons (Fsp3) is 0.600. The maximum Gasteiger partial charge on any atom is 0.243 e. The van der Waals surface area contributed by atoms with Crippen molar-refractivity contribution in [3.63, 3.8) is 0 Å². The molecular weight excluding hydrogens is 323 g/mol. The van der Waals surface area contributed by atoms with Gasteiger partial charge in [0.1, 0.15) is 10.7 Å². The van der Waals surface area contributed by atoms with Gasteiger partial charge in [0.05, 0.1) is 14.2 Å². The minimum Gasteiger partial charge on any atom is -0.493 e. The number of nitrogens with zero attached hydrogens (tertiary/aromatic N) is 1. The fourth-order valence-corrected chi connectivity index (χ4v) is 3.45. The Morgan fingerprint density at radius 3 is 2.13 bits per heavy atom. The van der Waals surface area contributed by atoms with Crippen LogP contribution >= 0.6 is 0 Å². The Labute approximate surface area is 137 Å². The van der Waals surface area contributed by atoms with Crippen LogP contribution in [0.2, 0.25) is 0 Å². The second-order valence-electron chi connectivity index (χ2n) is 5.76. The van der Waals surface area contributed by atoms with Crippen molar-refractivity contribution in [3.05, 3.63) is 17.9 Å². The molecule has 1 aromatic rings. The molecule has 1 N–H and O–H groups in total. The van der Waals surface area contributed by atoms with Gasteiger partial charge in [-0.05, 0) is 20.0 Å². The molecule has 0 amide bonds. The van der Waals surface area contributed by atoms with Crippen molar-refractivity contribution >= 4 is 10.0 Å². The summed E-state index contributed by atoms with van der Waals surface area (Å²) in [6.45, 7) is 4.17. The van der Waals surface area contributed by atoms with Crippen LogP contribution in [0.5, 0.6) is 11.5 Å². The van der Waals surface area contributed by atoms with E-state index >= 15 is 0 Å². The average molecular weight is 348 g/mol. The number of hydrogen-bond acceptors (Lipinski definition) is 5. The number of hydrogen-bond donors (Lipinski definition) is 1. The zero-order chi connectivity index (χ0) is 17.8. The van der Waals surface area contributed by atoms with Crippen LogP contribution in [0.25, 0.3) is 0 Å². The van der Waals surface area contributed by atoms with Gasteiger partial charge < -0.3 is 14.4 Å². The SMILES string of the molecule is COc1cc(F)c(S(=O)(=O)NC[C@H](C(C)C)N(C)C)cc1OC. The third kappa shape index (κ3) is 4.79. The fourth-order valence-electron chi connectivity index (χ4n) is 2.33. The van der Waals surface area contributed by atoms with Crippen molar-refractivity contribution in [1.82, 2.24) is 9.62 Å². The largest absolute Gasteiger partial charge is 0.493 e. The number of sulfonamides is 1. The lowest BCUT2D eigenvalue weighted by molar-refractivity contribution is 0.233. The van der Waals surface area contributed by atoms with Crippen molar-refractivity contribution in [2.24, 2.45) is 5.92 Å². The minimum absolute atomic E-state index is 0.00650. The molecule has 0 fully saturated rings. The van der Waals surface area contributed by atoms with Crippen molar-refractivity contribution < 1.29 is 22.3 Å². The van der Waals surface area contributed by atoms with Gasteiger partial charge in [0.25, 0.3) is 0 Å². The first kappa shape index (κ1) is 19.7. The Bertz CT molecular complexity index is 625. The number of halogens is 1. The summed E-state index contributed by atoms with van der Waals surface area (Å²) < 4.78 is 51.4. The van der Waals surface area contributed by atoms with Gasteiger partial charge in [0, 0.05) is 24.7 Å². The maximum absolute atomic E-state index is 14.1. The molecule has 23 heavy (non-hydrogen) atoms. The predicted molar refractivity (Wildman–Crippen MR) is 87.0 cm³/mol. The highest BCUT2D eigenvalue weighted by Crippen LogP contribution is 2.31. The van der Waals surface area contributed by atoms with Gasteiger partial charge in [-0.3, -0.25) is 0 Å². The molecule has 0 aliphatic carbocycles. The van der Waals surface area contributed by atoms with Crippen molar-refractivity contribution in [1.29, 1.82) is 0 Å². The molecule has 0 saturated carbocycles. The van der Waals surface area contributed by atoms with E-state index in [1.54, 1.807) is 0 Å². The molecule has 0 heterocycles. The third-order valence-electron chi connectivity index (χ3n) is 3.64.